The highest BCUT2D eigenvalue weighted by Crippen LogP contribution is 2.27. The number of methoxy groups -OCH3 is 2. The predicted molar refractivity (Wildman–Crippen MR) is 120 cm³/mol. The molecule has 148 valence electrons. The van der Waals surface area contributed by atoms with E-state index in [0.717, 1.165) is 30.9 Å². The van der Waals surface area contributed by atoms with Crippen molar-refractivity contribution in [2.45, 2.75) is 19.4 Å². The van der Waals surface area contributed by atoms with Gasteiger partial charge >= 0.3 is 0 Å². The Hall–Kier alpha value is -2.16. The van der Waals surface area contributed by atoms with E-state index in [9.17, 15) is 5.11 Å². The molecule has 0 amide bonds. The van der Waals surface area contributed by atoms with Gasteiger partial charge in [0.1, 0.15) is 5.75 Å². The fourth-order valence-electron chi connectivity index (χ4n) is 2.56. The lowest BCUT2D eigenvalue weighted by Gasteiger charge is -2.13. The third-order valence-electron chi connectivity index (χ3n) is 4.00. The number of hydrogen-bond acceptors (Lipinski definition) is 4. The molecule has 0 saturated heterocycles. The van der Waals surface area contributed by atoms with Gasteiger partial charge in [-0.05, 0) is 48.2 Å². The minimum Gasteiger partial charge on any atom is -0.508 e. The van der Waals surface area contributed by atoms with Crippen molar-refractivity contribution in [2.24, 2.45) is 4.99 Å². The van der Waals surface area contributed by atoms with E-state index in [0.29, 0.717) is 23.8 Å². The number of aliphatic imine (C=N–C) groups is 1. The highest BCUT2D eigenvalue weighted by Gasteiger charge is 2.05. The maximum Gasteiger partial charge on any atom is 0.191 e. The highest BCUT2D eigenvalue weighted by molar-refractivity contribution is 14.0. The van der Waals surface area contributed by atoms with Crippen LogP contribution in [-0.4, -0.2) is 38.9 Å². The molecule has 0 aliphatic carbocycles. The minimum atomic E-state index is 0. The van der Waals surface area contributed by atoms with Gasteiger partial charge in [0.2, 0.25) is 0 Å². The van der Waals surface area contributed by atoms with Gasteiger partial charge in [-0.15, -0.1) is 24.0 Å². The van der Waals surface area contributed by atoms with E-state index < -0.39 is 0 Å². The normalized spacial score (nSPS) is 10.7. The first-order valence-electron chi connectivity index (χ1n) is 8.59. The van der Waals surface area contributed by atoms with E-state index in [1.807, 2.05) is 30.3 Å². The summed E-state index contributed by atoms with van der Waals surface area (Å²) in [4.78, 5) is 4.24. The Morgan fingerprint density at radius 3 is 2.26 bits per heavy atom. The average molecular weight is 485 g/mol. The standard InChI is InChI=1S/C20H27N3O3.HI/c1-21-20(22-12-4-5-15-6-9-17(24)10-7-15)23-14-16-8-11-18(25-2)19(13-16)26-3;/h6-11,13,24H,4-5,12,14H2,1-3H3,(H2,21,22,23);1H. The number of hydrogen-bond donors (Lipinski definition) is 3. The van der Waals surface area contributed by atoms with Crippen LogP contribution >= 0.6 is 24.0 Å². The number of aromatic hydroxyl groups is 1. The van der Waals surface area contributed by atoms with Crippen molar-refractivity contribution in [1.82, 2.24) is 10.6 Å². The molecule has 7 heteroatoms. The first-order valence-corrected chi connectivity index (χ1v) is 8.59. The zero-order valence-corrected chi connectivity index (χ0v) is 18.3. The largest absolute Gasteiger partial charge is 0.508 e. The molecule has 3 N–H and O–H groups in total. The van der Waals surface area contributed by atoms with Crippen molar-refractivity contribution in [1.29, 1.82) is 0 Å². The van der Waals surface area contributed by atoms with E-state index in [4.69, 9.17) is 9.47 Å². The van der Waals surface area contributed by atoms with Crippen LogP contribution < -0.4 is 20.1 Å². The Bertz CT molecular complexity index is 721. The fraction of sp³-hybridized carbons (Fsp3) is 0.350. The van der Waals surface area contributed by atoms with Gasteiger partial charge < -0.3 is 25.2 Å². The van der Waals surface area contributed by atoms with Gasteiger partial charge in [0, 0.05) is 20.1 Å². The first-order chi connectivity index (χ1) is 12.7. The summed E-state index contributed by atoms with van der Waals surface area (Å²) in [7, 11) is 5.01. The van der Waals surface area contributed by atoms with Crippen LogP contribution in [0.25, 0.3) is 0 Å². The molecule has 0 aromatic heterocycles. The lowest BCUT2D eigenvalue weighted by molar-refractivity contribution is 0.354. The molecule has 0 aliphatic heterocycles. The number of phenols is 1. The van der Waals surface area contributed by atoms with Crippen molar-refractivity contribution in [2.75, 3.05) is 27.8 Å². The number of nitrogens with zero attached hydrogens (tertiary/aromatic N) is 1. The maximum absolute atomic E-state index is 9.30. The Kier molecular flexibility index (Phi) is 10.4. The van der Waals surface area contributed by atoms with Gasteiger partial charge in [0.15, 0.2) is 17.5 Å². The monoisotopic (exact) mass is 485 g/mol. The topological polar surface area (TPSA) is 75.1 Å². The number of ether oxygens (including phenoxy) is 2. The van der Waals surface area contributed by atoms with Crippen molar-refractivity contribution in [3.63, 3.8) is 0 Å². The second-order valence-corrected chi connectivity index (χ2v) is 5.81. The van der Waals surface area contributed by atoms with Crippen LogP contribution in [0.3, 0.4) is 0 Å². The quantitative estimate of drug-likeness (QED) is 0.232. The number of halogens is 1. The molecule has 27 heavy (non-hydrogen) atoms. The first kappa shape index (κ1) is 22.9. The molecule has 0 unspecified atom stereocenters. The smallest absolute Gasteiger partial charge is 0.191 e. The van der Waals surface area contributed by atoms with Crippen molar-refractivity contribution in [3.05, 3.63) is 53.6 Å². The van der Waals surface area contributed by atoms with E-state index >= 15 is 0 Å². The Morgan fingerprint density at radius 2 is 1.63 bits per heavy atom. The summed E-state index contributed by atoms with van der Waals surface area (Å²) >= 11 is 0. The molecule has 0 atom stereocenters. The van der Waals surface area contributed by atoms with Crippen molar-refractivity contribution < 1.29 is 14.6 Å². The Morgan fingerprint density at radius 1 is 0.963 bits per heavy atom. The van der Waals surface area contributed by atoms with Crippen LogP contribution in [0.15, 0.2) is 47.5 Å². The molecule has 2 aromatic rings. The van der Waals surface area contributed by atoms with Crippen LogP contribution in [0.4, 0.5) is 0 Å². The van der Waals surface area contributed by atoms with Gasteiger partial charge in [-0.25, -0.2) is 0 Å². The van der Waals surface area contributed by atoms with Gasteiger partial charge in [-0.1, -0.05) is 18.2 Å². The summed E-state index contributed by atoms with van der Waals surface area (Å²) in [5.74, 6) is 2.48. The Labute approximate surface area is 178 Å². The number of benzene rings is 2. The third-order valence-corrected chi connectivity index (χ3v) is 4.00. The summed E-state index contributed by atoms with van der Waals surface area (Å²) in [6.45, 7) is 1.45. The molecule has 0 fully saturated rings. The molecule has 2 rings (SSSR count). The molecule has 0 radical (unpaired) electrons. The summed E-state index contributed by atoms with van der Waals surface area (Å²) < 4.78 is 10.6. The number of aryl methyl sites for hydroxylation is 1. The molecule has 0 heterocycles. The maximum atomic E-state index is 9.30. The number of rotatable bonds is 8. The van der Waals surface area contributed by atoms with Crippen LogP contribution in [0, 0.1) is 0 Å². The SMILES string of the molecule is CN=C(NCCCc1ccc(O)cc1)NCc1ccc(OC)c(OC)c1.I. The number of phenolic OH excluding ortho intramolecular Hbond substituents is 1. The molecule has 0 saturated carbocycles. The van der Waals surface area contributed by atoms with Gasteiger partial charge in [0.25, 0.3) is 0 Å². The average Bonchev–Trinajstić information content (AvgIpc) is 2.68. The van der Waals surface area contributed by atoms with E-state index in [2.05, 4.69) is 15.6 Å². The molecule has 6 nitrogen and oxygen atoms in total. The summed E-state index contributed by atoms with van der Waals surface area (Å²) in [6, 6.07) is 13.2. The van der Waals surface area contributed by atoms with E-state index in [1.54, 1.807) is 33.4 Å². The van der Waals surface area contributed by atoms with E-state index in [1.165, 1.54) is 5.56 Å². The molecule has 0 spiro atoms. The molecular weight excluding hydrogens is 457 g/mol. The van der Waals surface area contributed by atoms with Crippen LogP contribution in [0.2, 0.25) is 0 Å². The minimum absolute atomic E-state index is 0. The summed E-state index contributed by atoms with van der Waals surface area (Å²) in [6.07, 6.45) is 1.92. The van der Waals surface area contributed by atoms with Crippen LogP contribution in [-0.2, 0) is 13.0 Å². The molecule has 0 bridgehead atoms. The second-order valence-electron chi connectivity index (χ2n) is 5.81. The highest BCUT2D eigenvalue weighted by atomic mass is 127. The second kappa shape index (κ2) is 12.3. The molecule has 2 aromatic carbocycles. The summed E-state index contributed by atoms with van der Waals surface area (Å²) in [5, 5.41) is 15.9. The fourth-order valence-corrected chi connectivity index (χ4v) is 2.56. The third kappa shape index (κ3) is 7.54. The van der Waals surface area contributed by atoms with Crippen molar-refractivity contribution >= 4 is 29.9 Å². The summed E-state index contributed by atoms with van der Waals surface area (Å²) in [5.41, 5.74) is 2.28. The van der Waals surface area contributed by atoms with Crippen LogP contribution in [0.1, 0.15) is 17.5 Å². The lowest BCUT2D eigenvalue weighted by Crippen LogP contribution is -2.37. The number of guanidine groups is 1. The lowest BCUT2D eigenvalue weighted by atomic mass is 10.1. The Balaban J connectivity index is 0.00000364. The zero-order valence-electron chi connectivity index (χ0n) is 16.0. The van der Waals surface area contributed by atoms with Crippen molar-refractivity contribution in [3.8, 4) is 17.2 Å². The van der Waals surface area contributed by atoms with Gasteiger partial charge in [0.05, 0.1) is 14.2 Å². The molecule has 0 aliphatic rings. The van der Waals surface area contributed by atoms with Gasteiger partial charge in [-0.3, -0.25) is 4.99 Å². The zero-order chi connectivity index (χ0) is 18.8. The molecular formula is C20H28IN3O3. The predicted octanol–water partition coefficient (Wildman–Crippen LogP) is 3.33. The van der Waals surface area contributed by atoms with Gasteiger partial charge in [-0.2, -0.15) is 0 Å². The van der Waals surface area contributed by atoms with Crippen LogP contribution in [0.5, 0.6) is 17.2 Å². The number of nitrogens with one attached hydrogen (secondary N) is 2. The van der Waals surface area contributed by atoms with E-state index in [-0.39, 0.29) is 24.0 Å².